The Balaban J connectivity index is 2.10. The minimum atomic E-state index is 0.0190. The van der Waals surface area contributed by atoms with Gasteiger partial charge in [-0.15, -0.1) is 0 Å². The quantitative estimate of drug-likeness (QED) is 0.348. The number of hydrogen-bond acceptors (Lipinski definition) is 2. The maximum atomic E-state index is 13.5. The van der Waals surface area contributed by atoms with Crippen molar-refractivity contribution in [2.75, 3.05) is 0 Å². The van der Waals surface area contributed by atoms with Gasteiger partial charge in [0.05, 0.1) is 22.1 Å². The van der Waals surface area contributed by atoms with Gasteiger partial charge in [0.15, 0.2) is 10.9 Å². The lowest BCUT2D eigenvalue weighted by Gasteiger charge is -2.16. The van der Waals surface area contributed by atoms with Gasteiger partial charge in [0, 0.05) is 35.6 Å². The smallest absolute Gasteiger partial charge is 0.197 e. The second kappa shape index (κ2) is 6.05. The number of aryl methyl sites for hydroxylation is 6. The fraction of sp³-hybridized carbons (Fsp3) is 0.231. The molecule has 0 amide bonds. The van der Waals surface area contributed by atoms with Crippen molar-refractivity contribution in [2.45, 2.75) is 27.7 Å². The van der Waals surface area contributed by atoms with Crippen LogP contribution in [0.4, 0.5) is 0 Å². The van der Waals surface area contributed by atoms with Crippen molar-refractivity contribution in [2.24, 2.45) is 14.1 Å². The number of rotatable bonds is 0. The average Bonchev–Trinajstić information content (AvgIpc) is 2.68. The first-order chi connectivity index (χ1) is 14.2. The van der Waals surface area contributed by atoms with Crippen molar-refractivity contribution in [1.29, 1.82) is 0 Å². The summed E-state index contributed by atoms with van der Waals surface area (Å²) in [5, 5.41) is 2.77. The number of nitrogens with zero attached hydrogens (tertiary/aromatic N) is 2. The summed E-state index contributed by atoms with van der Waals surface area (Å²) in [6.45, 7) is 8.04. The molecule has 0 N–H and O–H groups in total. The molecule has 0 aliphatic carbocycles. The summed E-state index contributed by atoms with van der Waals surface area (Å²) in [5.74, 6) is 0. The van der Waals surface area contributed by atoms with Crippen LogP contribution < -0.4 is 10.9 Å². The van der Waals surface area contributed by atoms with Crippen LogP contribution in [0.2, 0.25) is 0 Å². The van der Waals surface area contributed by atoms with Gasteiger partial charge >= 0.3 is 0 Å². The van der Waals surface area contributed by atoms with Crippen LogP contribution in [0.25, 0.3) is 43.6 Å². The van der Waals surface area contributed by atoms with Crippen molar-refractivity contribution in [1.82, 2.24) is 9.13 Å². The van der Waals surface area contributed by atoms with Gasteiger partial charge in [0.25, 0.3) is 0 Å². The van der Waals surface area contributed by atoms with E-state index in [9.17, 15) is 9.59 Å². The molecular weight excluding hydrogens is 372 g/mol. The van der Waals surface area contributed by atoms with E-state index in [1.54, 1.807) is 0 Å². The summed E-state index contributed by atoms with van der Waals surface area (Å²) in [6.07, 6.45) is 0. The zero-order valence-corrected chi connectivity index (χ0v) is 18.2. The highest BCUT2D eigenvalue weighted by Gasteiger charge is 2.17. The van der Waals surface area contributed by atoms with Gasteiger partial charge in [-0.25, -0.2) is 0 Å². The molecule has 0 spiro atoms. The third-order valence-electron chi connectivity index (χ3n) is 6.42. The molecule has 0 saturated carbocycles. The van der Waals surface area contributed by atoms with Crippen molar-refractivity contribution in [3.05, 3.63) is 79.1 Å². The first-order valence-electron chi connectivity index (χ1n) is 10.2. The highest BCUT2D eigenvalue weighted by molar-refractivity contribution is 6.04. The third kappa shape index (κ3) is 2.34. The molecule has 0 bridgehead atoms. The highest BCUT2D eigenvalue weighted by Crippen LogP contribution is 2.27. The van der Waals surface area contributed by atoms with Crippen molar-refractivity contribution in [3.8, 4) is 0 Å². The SMILES string of the molecule is Cc1cc(C)c2c(=O)c3cc4c(cc3n(C)c2c1)c(=O)c1c(C)cc(C)cc1n4C. The molecule has 4 nitrogen and oxygen atoms in total. The zero-order chi connectivity index (χ0) is 21.5. The molecule has 2 aromatic heterocycles. The van der Waals surface area contributed by atoms with E-state index < -0.39 is 0 Å². The lowest BCUT2D eigenvalue weighted by molar-refractivity contribution is 0.991. The first-order valence-corrected chi connectivity index (χ1v) is 10.2. The van der Waals surface area contributed by atoms with Gasteiger partial charge in [-0.2, -0.15) is 0 Å². The van der Waals surface area contributed by atoms with Crippen LogP contribution in [0.15, 0.2) is 46.0 Å². The molecule has 0 aliphatic rings. The molecular formula is C26H24N2O2. The van der Waals surface area contributed by atoms with Crippen LogP contribution in [-0.2, 0) is 14.1 Å². The lowest BCUT2D eigenvalue weighted by Crippen LogP contribution is -2.14. The highest BCUT2D eigenvalue weighted by atomic mass is 16.1. The summed E-state index contributed by atoms with van der Waals surface area (Å²) in [5.41, 5.74) is 7.58. The van der Waals surface area contributed by atoms with Crippen LogP contribution in [0.1, 0.15) is 22.3 Å². The minimum absolute atomic E-state index is 0.0190. The molecule has 0 unspecified atom stereocenters. The van der Waals surface area contributed by atoms with Gasteiger partial charge in [-0.1, -0.05) is 12.1 Å². The Morgan fingerprint density at radius 1 is 0.533 bits per heavy atom. The Hall–Kier alpha value is -3.40. The predicted molar refractivity (Wildman–Crippen MR) is 126 cm³/mol. The molecule has 5 rings (SSSR count). The molecule has 5 aromatic rings. The number of aromatic nitrogens is 2. The standard InChI is InChI=1S/C26H24N2O2/c1-13-7-15(3)23-21(9-13)27(5)19-11-18-20(12-17(19)25(23)29)28(6)22-10-14(2)8-16(4)24(22)26(18)30/h7-12H,1-6H3. The lowest BCUT2D eigenvalue weighted by atomic mass is 9.99. The zero-order valence-electron chi connectivity index (χ0n) is 18.2. The van der Waals surface area contributed by atoms with Gasteiger partial charge in [-0.05, 0) is 74.2 Å². The fourth-order valence-corrected chi connectivity index (χ4v) is 5.03. The van der Waals surface area contributed by atoms with Crippen LogP contribution in [0.3, 0.4) is 0 Å². The van der Waals surface area contributed by atoms with E-state index in [4.69, 9.17) is 0 Å². The number of benzene rings is 3. The van der Waals surface area contributed by atoms with Gasteiger partial charge in [0.2, 0.25) is 0 Å². The normalized spacial score (nSPS) is 11.9. The fourth-order valence-electron chi connectivity index (χ4n) is 5.03. The topological polar surface area (TPSA) is 44.0 Å². The number of fused-ring (bicyclic) bond motifs is 4. The molecule has 4 heteroatoms. The Labute approximate surface area is 174 Å². The van der Waals surface area contributed by atoms with Gasteiger partial charge < -0.3 is 9.13 Å². The minimum Gasteiger partial charge on any atom is -0.343 e. The van der Waals surface area contributed by atoms with Gasteiger partial charge in [0.1, 0.15) is 0 Å². The molecule has 0 fully saturated rings. The second-order valence-electron chi connectivity index (χ2n) is 8.61. The monoisotopic (exact) mass is 396 g/mol. The second-order valence-corrected chi connectivity index (χ2v) is 8.61. The summed E-state index contributed by atoms with van der Waals surface area (Å²) in [4.78, 5) is 27.0. The van der Waals surface area contributed by atoms with E-state index in [2.05, 4.69) is 0 Å². The summed E-state index contributed by atoms with van der Waals surface area (Å²) in [7, 11) is 3.93. The summed E-state index contributed by atoms with van der Waals surface area (Å²) < 4.78 is 4.08. The molecule has 2 heterocycles. The largest absolute Gasteiger partial charge is 0.343 e. The number of hydrogen-bond donors (Lipinski definition) is 0. The Morgan fingerprint density at radius 3 is 1.27 bits per heavy atom. The van der Waals surface area contributed by atoms with E-state index in [1.165, 1.54) is 0 Å². The van der Waals surface area contributed by atoms with E-state index >= 15 is 0 Å². The Kier molecular flexibility index (Phi) is 3.75. The van der Waals surface area contributed by atoms with E-state index in [0.29, 0.717) is 10.8 Å². The molecule has 0 radical (unpaired) electrons. The average molecular weight is 396 g/mol. The van der Waals surface area contributed by atoms with Gasteiger partial charge in [-0.3, -0.25) is 9.59 Å². The molecule has 0 atom stereocenters. The van der Waals surface area contributed by atoms with Crippen molar-refractivity contribution < 1.29 is 0 Å². The summed E-state index contributed by atoms with van der Waals surface area (Å²) >= 11 is 0. The third-order valence-corrected chi connectivity index (χ3v) is 6.42. The first kappa shape index (κ1) is 18.6. The van der Waals surface area contributed by atoms with Crippen LogP contribution in [0, 0.1) is 27.7 Å². The van der Waals surface area contributed by atoms with E-state index in [1.807, 2.05) is 87.3 Å². The maximum absolute atomic E-state index is 13.5. The Bertz CT molecular complexity index is 1560. The molecule has 3 aromatic carbocycles. The van der Waals surface area contributed by atoms with Crippen molar-refractivity contribution in [3.63, 3.8) is 0 Å². The van der Waals surface area contributed by atoms with Crippen LogP contribution >= 0.6 is 0 Å². The van der Waals surface area contributed by atoms with Crippen LogP contribution in [0.5, 0.6) is 0 Å². The molecule has 0 saturated heterocycles. The van der Waals surface area contributed by atoms with E-state index in [-0.39, 0.29) is 10.9 Å². The van der Waals surface area contributed by atoms with Crippen LogP contribution in [-0.4, -0.2) is 9.13 Å². The number of pyridine rings is 2. The maximum Gasteiger partial charge on any atom is 0.197 e. The molecule has 0 aliphatic heterocycles. The Morgan fingerprint density at radius 2 is 0.900 bits per heavy atom. The molecule has 30 heavy (non-hydrogen) atoms. The summed E-state index contributed by atoms with van der Waals surface area (Å²) in [6, 6.07) is 12.0. The molecule has 150 valence electrons. The predicted octanol–water partition coefficient (Wildman–Crippen LogP) is 4.93. The van der Waals surface area contributed by atoms with Crippen molar-refractivity contribution >= 4 is 43.6 Å². The van der Waals surface area contributed by atoms with E-state index in [0.717, 1.165) is 55.1 Å².